The Balaban J connectivity index is 1.05. The minimum Gasteiger partial charge on any atom is -0.382 e. The second kappa shape index (κ2) is 17.1. The topological polar surface area (TPSA) is 246 Å². The van der Waals surface area contributed by atoms with Crippen LogP contribution in [0.5, 0.6) is 0 Å². The second-order valence-corrected chi connectivity index (χ2v) is 19.6. The van der Waals surface area contributed by atoms with Crippen molar-refractivity contribution < 1.29 is 64.8 Å². The highest BCUT2D eigenvalue weighted by Crippen LogP contribution is 2.64. The molecule has 318 valence electrons. The number of aromatic nitrogens is 4. The first-order valence-corrected chi connectivity index (χ1v) is 23.0. The number of anilines is 1. The Morgan fingerprint density at radius 2 is 1.65 bits per heavy atom. The van der Waals surface area contributed by atoms with Crippen LogP contribution >= 0.6 is 26.0 Å². The molecule has 4 N–H and O–H groups in total. The number of hydrogen-bond donors (Lipinski definition) is 3. The standard InChI is InChI=1S/C36H37F2N7O12P2S/c1-19-2-8-22(9-3-19)34(48)40-13-20-4-6-21(7-5-20)16-60-59(51)53-14-24-27(37)31(36(54-24)44-11-10-23(46)12-26(44)47)56-58(49,50)52-15-25-30(57-59)28(38)35(55-25)45-18-43-29-32(39)41-17-42-33(29)45/h2-11,17-18,24-25,27-28,30-31,35-36H,12-16H2,1H3,(H,40,48)(H,49,50)(H2,39,41,42)/t24-,25-,27-,28-,30-,31-,35-,36-,59?/m1/s1. The third-order valence-electron chi connectivity index (χ3n) is 9.98. The fraction of sp³-hybridized carbons (Fsp3) is 0.389. The molecule has 0 spiro atoms. The van der Waals surface area contributed by atoms with Gasteiger partial charge >= 0.3 is 14.6 Å². The molecule has 0 radical (unpaired) electrons. The first-order chi connectivity index (χ1) is 28.7. The largest absolute Gasteiger partial charge is 0.472 e. The monoisotopic (exact) mass is 891 g/mol. The van der Waals surface area contributed by atoms with Crippen LogP contribution in [0.3, 0.4) is 0 Å². The van der Waals surface area contributed by atoms with E-state index in [9.17, 15) is 28.4 Å². The van der Waals surface area contributed by atoms with Crippen LogP contribution in [0.25, 0.3) is 11.2 Å². The molecule has 0 saturated carbocycles. The summed E-state index contributed by atoms with van der Waals surface area (Å²) in [5, 5.41) is 2.85. The molecule has 2 aromatic heterocycles. The van der Waals surface area contributed by atoms with Crippen molar-refractivity contribution in [2.75, 3.05) is 18.9 Å². The number of nitrogens with two attached hydrogens (primary N) is 1. The third kappa shape index (κ3) is 8.94. The van der Waals surface area contributed by atoms with Crippen LogP contribution in [0.4, 0.5) is 14.6 Å². The van der Waals surface area contributed by atoms with Crippen LogP contribution in [-0.4, -0.2) is 103 Å². The van der Waals surface area contributed by atoms with Gasteiger partial charge in [-0.05, 0) is 47.6 Å². The van der Waals surface area contributed by atoms with E-state index in [4.69, 9.17) is 33.3 Å². The zero-order valence-electron chi connectivity index (χ0n) is 31.4. The van der Waals surface area contributed by atoms with Gasteiger partial charge in [0.05, 0.1) is 26.0 Å². The van der Waals surface area contributed by atoms with E-state index < -0.39 is 95.2 Å². The van der Waals surface area contributed by atoms with Crippen LogP contribution in [-0.2, 0) is 58.6 Å². The molecule has 2 amide bonds. The summed E-state index contributed by atoms with van der Waals surface area (Å²) in [6.45, 7) is -4.20. The summed E-state index contributed by atoms with van der Waals surface area (Å²) < 4.78 is 96.2. The lowest BCUT2D eigenvalue weighted by molar-refractivity contribution is -0.148. The summed E-state index contributed by atoms with van der Waals surface area (Å²) in [6.07, 6.45) is -10.9. The predicted octanol–water partition coefficient (Wildman–Crippen LogP) is 4.22. The van der Waals surface area contributed by atoms with E-state index in [1.807, 2.05) is 19.1 Å². The number of carbonyl (C=O) groups is 3. The van der Waals surface area contributed by atoms with E-state index in [2.05, 4.69) is 20.3 Å². The molecular weight excluding hydrogens is 854 g/mol. The number of halogens is 2. The highest BCUT2D eigenvalue weighted by molar-refractivity contribution is 8.54. The van der Waals surface area contributed by atoms with Crippen molar-refractivity contribution in [3.05, 3.63) is 95.7 Å². The van der Waals surface area contributed by atoms with Crippen LogP contribution in [0.1, 0.15) is 39.7 Å². The molecule has 6 heterocycles. The number of hydrogen-bond acceptors (Lipinski definition) is 16. The smallest absolute Gasteiger partial charge is 0.382 e. The molecule has 3 fully saturated rings. The van der Waals surface area contributed by atoms with Gasteiger partial charge in [0, 0.05) is 24.1 Å². The molecule has 10 atom stereocenters. The molecule has 19 nitrogen and oxygen atoms in total. The number of nitrogen functional groups attached to an aromatic ring is 1. The SMILES string of the molecule is Cc1ccc(C(=O)NCc2ccc(CSP3(=O)OC[C@H]4O[C@@H](N5C=CC(=O)CC5=O)[C@H](OP(=O)(O)OC[C@H]5O[C@@H](n6cnc7c(N)ncnc76)[C@H](F)[C@@H]5O3)[C@@H]4F)cc2)cc1. The summed E-state index contributed by atoms with van der Waals surface area (Å²) in [6, 6.07) is 14.0. The summed E-state index contributed by atoms with van der Waals surface area (Å²) in [5.41, 5.74) is 9.02. The number of amides is 2. The fourth-order valence-electron chi connectivity index (χ4n) is 6.83. The Morgan fingerprint density at radius 1 is 0.933 bits per heavy atom. The lowest BCUT2D eigenvalue weighted by Gasteiger charge is -2.31. The second-order valence-electron chi connectivity index (χ2n) is 14.1. The van der Waals surface area contributed by atoms with Gasteiger partial charge in [0.25, 0.3) is 5.91 Å². The third-order valence-corrected chi connectivity index (χ3v) is 14.6. The molecule has 60 heavy (non-hydrogen) atoms. The maximum Gasteiger partial charge on any atom is 0.472 e. The van der Waals surface area contributed by atoms with Crippen molar-refractivity contribution in [2.24, 2.45) is 0 Å². The van der Waals surface area contributed by atoms with Gasteiger partial charge in [0.1, 0.15) is 36.3 Å². The molecule has 2 bridgehead atoms. The lowest BCUT2D eigenvalue weighted by atomic mass is 10.1. The lowest BCUT2D eigenvalue weighted by Crippen LogP contribution is -2.46. The zero-order valence-corrected chi connectivity index (χ0v) is 34.0. The number of nitrogens with zero attached hydrogens (tertiary/aromatic N) is 5. The van der Waals surface area contributed by atoms with Gasteiger partial charge in [-0.2, -0.15) is 0 Å². The van der Waals surface area contributed by atoms with Crippen molar-refractivity contribution in [2.45, 2.75) is 74.9 Å². The van der Waals surface area contributed by atoms with Crippen LogP contribution < -0.4 is 11.1 Å². The Hall–Kier alpha value is -4.47. The van der Waals surface area contributed by atoms with Gasteiger partial charge < -0.3 is 25.4 Å². The molecular formula is C36H37F2N7O12P2S. The number of phosphoric acid groups is 1. The molecule has 3 saturated heterocycles. The van der Waals surface area contributed by atoms with E-state index in [1.54, 1.807) is 36.4 Å². The van der Waals surface area contributed by atoms with Crippen LogP contribution in [0.2, 0.25) is 0 Å². The van der Waals surface area contributed by atoms with Crippen LogP contribution in [0.15, 0.2) is 73.5 Å². The summed E-state index contributed by atoms with van der Waals surface area (Å²) in [7, 11) is -5.27. The molecule has 4 aliphatic rings. The molecule has 4 aromatic rings. The number of ether oxygens (including phenoxy) is 2. The van der Waals surface area contributed by atoms with Crippen molar-refractivity contribution in [3.8, 4) is 0 Å². The van der Waals surface area contributed by atoms with Gasteiger partial charge in [0.15, 0.2) is 42.0 Å². The van der Waals surface area contributed by atoms with E-state index in [0.29, 0.717) is 22.5 Å². The van der Waals surface area contributed by atoms with E-state index in [1.165, 1.54) is 10.9 Å². The molecule has 2 unspecified atom stereocenters. The van der Waals surface area contributed by atoms with Gasteiger partial charge in [-0.25, -0.2) is 32.9 Å². The van der Waals surface area contributed by atoms with E-state index in [0.717, 1.165) is 34.6 Å². The summed E-state index contributed by atoms with van der Waals surface area (Å²) in [4.78, 5) is 61.1. The number of aryl methyl sites for hydroxylation is 1. The average molecular weight is 892 g/mol. The van der Waals surface area contributed by atoms with Gasteiger partial charge in [-0.3, -0.25) is 41.9 Å². The van der Waals surface area contributed by atoms with E-state index in [-0.39, 0.29) is 35.2 Å². The number of imidazole rings is 1. The Morgan fingerprint density at radius 3 is 2.40 bits per heavy atom. The van der Waals surface area contributed by atoms with E-state index >= 15 is 8.78 Å². The summed E-state index contributed by atoms with van der Waals surface area (Å²) >= 11 is 0.637. The van der Waals surface area contributed by atoms with Gasteiger partial charge in [0.2, 0.25) is 5.91 Å². The molecule has 24 heteroatoms. The highest BCUT2D eigenvalue weighted by atomic mass is 32.7. The predicted molar refractivity (Wildman–Crippen MR) is 207 cm³/mol. The Kier molecular flexibility index (Phi) is 12.1. The summed E-state index contributed by atoms with van der Waals surface area (Å²) in [5.74, 6) is -1.65. The number of ketones is 1. The number of fused-ring (bicyclic) bond motifs is 4. The number of carbonyl (C=O) groups excluding carboxylic acids is 3. The number of alkyl halides is 2. The number of rotatable bonds is 8. The molecule has 8 rings (SSSR count). The van der Waals surface area contributed by atoms with Gasteiger partial charge in [-0.15, -0.1) is 0 Å². The van der Waals surface area contributed by atoms with Crippen molar-refractivity contribution in [1.29, 1.82) is 0 Å². The maximum absolute atomic E-state index is 16.7. The molecule has 4 aliphatic heterocycles. The number of allylic oxidation sites excluding steroid dienone is 1. The minimum atomic E-state index is -5.27. The molecule has 0 aliphatic carbocycles. The first kappa shape index (κ1) is 42.2. The normalized spacial score (nSPS) is 32.3. The minimum absolute atomic E-state index is 0.00309. The fourth-order valence-corrected chi connectivity index (χ4v) is 11.1. The van der Waals surface area contributed by atoms with Crippen LogP contribution in [0, 0.1) is 6.92 Å². The average Bonchev–Trinajstić information content (AvgIpc) is 3.88. The highest BCUT2D eigenvalue weighted by Gasteiger charge is 2.56. The van der Waals surface area contributed by atoms with Gasteiger partial charge in [-0.1, -0.05) is 42.0 Å². The molecule has 2 aromatic carbocycles. The number of phosphoric ester groups is 1. The number of nitrogens with one attached hydrogen (secondary N) is 1. The zero-order chi connectivity index (χ0) is 42.3. The Bertz CT molecular complexity index is 2410. The quantitative estimate of drug-likeness (QED) is 0.166. The van der Waals surface area contributed by atoms with Crippen molar-refractivity contribution in [1.82, 2.24) is 29.7 Å². The van der Waals surface area contributed by atoms with Crippen molar-refractivity contribution in [3.63, 3.8) is 0 Å². The Labute approximate surface area is 343 Å². The first-order valence-electron chi connectivity index (χ1n) is 18.4. The van der Waals surface area contributed by atoms with Crippen molar-refractivity contribution >= 4 is 60.6 Å². The maximum atomic E-state index is 16.7. The number of benzene rings is 2.